The zero-order valence-corrected chi connectivity index (χ0v) is 14.2. The van der Waals surface area contributed by atoms with Gasteiger partial charge in [-0.3, -0.25) is 9.78 Å². The average molecular weight is 349 g/mol. The number of hydrogen-bond donors (Lipinski definition) is 2. The van der Waals surface area contributed by atoms with Crippen molar-refractivity contribution < 1.29 is 24.6 Å². The van der Waals surface area contributed by atoms with Gasteiger partial charge in [0.05, 0.1) is 11.3 Å². The molecule has 0 radical (unpaired) electrons. The van der Waals surface area contributed by atoms with Crippen molar-refractivity contribution in [1.82, 2.24) is 14.8 Å². The van der Waals surface area contributed by atoms with Crippen molar-refractivity contribution in [2.24, 2.45) is 5.92 Å². The van der Waals surface area contributed by atoms with Crippen molar-refractivity contribution >= 4 is 17.8 Å². The van der Waals surface area contributed by atoms with E-state index in [1.807, 2.05) is 24.1 Å². The number of aliphatic carboxylic acids is 2. The van der Waals surface area contributed by atoms with Gasteiger partial charge in [-0.1, -0.05) is 0 Å². The van der Waals surface area contributed by atoms with E-state index in [0.29, 0.717) is 5.92 Å². The maximum Gasteiger partial charge on any atom is 0.414 e. The first-order valence-corrected chi connectivity index (χ1v) is 8.26. The number of carbonyl (C=O) groups is 3. The molecule has 0 bridgehead atoms. The molecule has 1 fully saturated rings. The van der Waals surface area contributed by atoms with Crippen LogP contribution in [0.2, 0.25) is 0 Å². The van der Waals surface area contributed by atoms with Crippen LogP contribution in [0.25, 0.3) is 0 Å². The van der Waals surface area contributed by atoms with Crippen LogP contribution in [-0.2, 0) is 16.0 Å². The highest BCUT2D eigenvalue weighted by molar-refractivity contribution is 6.27. The number of likely N-dealkylation sites (tertiary alicyclic amines) is 1. The summed E-state index contributed by atoms with van der Waals surface area (Å²) in [5, 5.41) is 14.8. The molecule has 8 nitrogen and oxygen atoms in total. The monoisotopic (exact) mass is 349 g/mol. The number of carboxylic acid groups (broad SMARTS) is 2. The summed E-state index contributed by atoms with van der Waals surface area (Å²) >= 11 is 0. The minimum atomic E-state index is -1.82. The molecule has 1 aromatic heterocycles. The molecule has 3 rings (SSSR count). The van der Waals surface area contributed by atoms with Crippen molar-refractivity contribution in [3.8, 4) is 0 Å². The largest absolute Gasteiger partial charge is 0.473 e. The summed E-state index contributed by atoms with van der Waals surface area (Å²) in [6.45, 7) is 4.50. The number of rotatable bonds is 3. The van der Waals surface area contributed by atoms with Gasteiger partial charge >= 0.3 is 11.9 Å². The van der Waals surface area contributed by atoms with Gasteiger partial charge in [0.1, 0.15) is 0 Å². The summed E-state index contributed by atoms with van der Waals surface area (Å²) in [7, 11) is 1.90. The Hall–Kier alpha value is -2.48. The Morgan fingerprint density at radius 2 is 1.96 bits per heavy atom. The van der Waals surface area contributed by atoms with Gasteiger partial charge in [-0.25, -0.2) is 9.59 Å². The van der Waals surface area contributed by atoms with Gasteiger partial charge in [0.25, 0.3) is 5.91 Å². The van der Waals surface area contributed by atoms with E-state index in [4.69, 9.17) is 19.8 Å². The van der Waals surface area contributed by atoms with E-state index in [1.165, 1.54) is 19.5 Å². The third kappa shape index (κ3) is 5.25. The van der Waals surface area contributed by atoms with Gasteiger partial charge in [0, 0.05) is 19.8 Å². The number of carboxylic acids is 2. The molecule has 1 amide bonds. The molecule has 8 heteroatoms. The van der Waals surface area contributed by atoms with Crippen molar-refractivity contribution in [1.29, 1.82) is 0 Å². The number of pyridine rings is 1. The molecule has 1 unspecified atom stereocenters. The third-order valence-electron chi connectivity index (χ3n) is 4.47. The zero-order chi connectivity index (χ0) is 18.4. The molecule has 2 aliphatic heterocycles. The highest BCUT2D eigenvalue weighted by Crippen LogP contribution is 2.22. The van der Waals surface area contributed by atoms with Gasteiger partial charge in [0.15, 0.2) is 0 Å². The van der Waals surface area contributed by atoms with E-state index < -0.39 is 11.9 Å². The minimum absolute atomic E-state index is 0.120. The molecule has 1 atom stereocenters. The fourth-order valence-electron chi connectivity index (χ4n) is 2.97. The lowest BCUT2D eigenvalue weighted by Crippen LogP contribution is -2.39. The summed E-state index contributed by atoms with van der Waals surface area (Å²) in [6, 6.07) is 3.75. The molecule has 25 heavy (non-hydrogen) atoms. The fraction of sp³-hybridized carbons (Fsp3) is 0.529. The lowest BCUT2D eigenvalue weighted by molar-refractivity contribution is -0.159. The predicted molar refractivity (Wildman–Crippen MR) is 89.3 cm³/mol. The third-order valence-corrected chi connectivity index (χ3v) is 4.47. The molecule has 0 spiro atoms. The van der Waals surface area contributed by atoms with Crippen LogP contribution >= 0.6 is 0 Å². The van der Waals surface area contributed by atoms with Gasteiger partial charge in [-0.05, 0) is 56.9 Å². The lowest BCUT2D eigenvalue weighted by atomic mass is 9.97. The minimum Gasteiger partial charge on any atom is -0.473 e. The summed E-state index contributed by atoms with van der Waals surface area (Å²) in [5.74, 6) is -3.00. The average Bonchev–Trinajstić information content (AvgIpc) is 2.64. The summed E-state index contributed by atoms with van der Waals surface area (Å²) < 4.78 is 0. The van der Waals surface area contributed by atoms with Gasteiger partial charge < -0.3 is 20.0 Å². The Morgan fingerprint density at radius 1 is 1.28 bits per heavy atom. The van der Waals surface area contributed by atoms with E-state index in [2.05, 4.69) is 9.88 Å². The molecule has 136 valence electrons. The van der Waals surface area contributed by atoms with E-state index in [1.54, 1.807) is 6.20 Å². The zero-order valence-electron chi connectivity index (χ0n) is 14.2. The van der Waals surface area contributed by atoms with Crippen LogP contribution in [0.1, 0.15) is 28.9 Å². The predicted octanol–water partition coefficient (Wildman–Crippen LogP) is 0.577. The summed E-state index contributed by atoms with van der Waals surface area (Å²) in [4.78, 5) is 39.2. The van der Waals surface area contributed by atoms with E-state index in [9.17, 15) is 4.79 Å². The van der Waals surface area contributed by atoms with Crippen molar-refractivity contribution in [2.45, 2.75) is 19.3 Å². The van der Waals surface area contributed by atoms with Crippen LogP contribution in [0.3, 0.4) is 0 Å². The smallest absolute Gasteiger partial charge is 0.414 e. The van der Waals surface area contributed by atoms with Gasteiger partial charge in [-0.2, -0.15) is 0 Å². The second kappa shape index (κ2) is 8.57. The van der Waals surface area contributed by atoms with Gasteiger partial charge in [-0.15, -0.1) is 0 Å². The van der Waals surface area contributed by atoms with Gasteiger partial charge in [0.2, 0.25) is 0 Å². The Balaban J connectivity index is 0.000000326. The first-order chi connectivity index (χ1) is 11.9. The molecular weight excluding hydrogens is 326 g/mol. The second-order valence-electron chi connectivity index (χ2n) is 6.35. The molecule has 0 aromatic carbocycles. The number of hydrogen-bond acceptors (Lipinski definition) is 5. The maximum atomic E-state index is 12.3. The molecule has 3 heterocycles. The molecule has 1 saturated heterocycles. The first-order valence-electron chi connectivity index (χ1n) is 8.26. The highest BCUT2D eigenvalue weighted by Gasteiger charge is 2.26. The number of amides is 1. The van der Waals surface area contributed by atoms with Crippen LogP contribution in [0, 0.1) is 5.92 Å². The van der Waals surface area contributed by atoms with E-state index in [-0.39, 0.29) is 5.91 Å². The van der Waals surface area contributed by atoms with Crippen LogP contribution in [-0.4, -0.2) is 76.1 Å². The van der Waals surface area contributed by atoms with Crippen molar-refractivity contribution in [3.63, 3.8) is 0 Å². The summed E-state index contributed by atoms with van der Waals surface area (Å²) in [5.41, 5.74) is 1.77. The second-order valence-corrected chi connectivity index (χ2v) is 6.35. The highest BCUT2D eigenvalue weighted by atomic mass is 16.4. The Bertz CT molecular complexity index is 633. The van der Waals surface area contributed by atoms with Crippen LogP contribution in [0.15, 0.2) is 18.3 Å². The van der Waals surface area contributed by atoms with Crippen molar-refractivity contribution in [2.75, 3.05) is 33.2 Å². The number of fused-ring (bicyclic) bond motifs is 1. The van der Waals surface area contributed by atoms with E-state index in [0.717, 1.165) is 37.2 Å². The Kier molecular flexibility index (Phi) is 6.46. The topological polar surface area (TPSA) is 111 Å². The van der Waals surface area contributed by atoms with E-state index >= 15 is 0 Å². The SMILES string of the molecule is CN1CC(CCN2CCC2)Cc2ncccc2C1=O.O=C(O)C(=O)O. The number of carbonyl (C=O) groups excluding carboxylic acids is 1. The number of nitrogens with zero attached hydrogens (tertiary/aromatic N) is 3. The molecule has 0 saturated carbocycles. The standard InChI is InChI=1S/C15H21N3O.C2H2O4/c1-17-11-12(5-9-18-7-3-8-18)10-14-13(15(17)19)4-2-6-16-14;3-1(4)2(5)6/h2,4,6,12H,3,5,7-11H2,1H3;(H,3,4)(H,5,6). The quantitative estimate of drug-likeness (QED) is 0.768. The Morgan fingerprint density at radius 3 is 2.52 bits per heavy atom. The van der Waals surface area contributed by atoms with Crippen LogP contribution < -0.4 is 0 Å². The fourth-order valence-corrected chi connectivity index (χ4v) is 2.97. The molecule has 1 aromatic rings. The van der Waals surface area contributed by atoms with Crippen LogP contribution in [0.4, 0.5) is 0 Å². The molecule has 0 aliphatic carbocycles. The first kappa shape index (κ1) is 18.9. The van der Waals surface area contributed by atoms with Crippen LogP contribution in [0.5, 0.6) is 0 Å². The molecule has 2 N–H and O–H groups in total. The molecule has 2 aliphatic rings. The Labute approximate surface area is 146 Å². The maximum absolute atomic E-state index is 12.3. The molecular formula is C17H23N3O5. The normalized spacial score (nSPS) is 19.8. The number of aromatic nitrogens is 1. The summed E-state index contributed by atoms with van der Waals surface area (Å²) in [6.07, 6.45) is 5.23. The van der Waals surface area contributed by atoms with Crippen molar-refractivity contribution in [3.05, 3.63) is 29.6 Å². The lowest BCUT2D eigenvalue weighted by Gasteiger charge is -2.32.